The fraction of sp³-hybridized carbons (Fsp3) is 0.417. The second kappa shape index (κ2) is 6.94. The molecule has 0 aliphatic rings. The van der Waals surface area contributed by atoms with Crippen molar-refractivity contribution in [1.29, 1.82) is 0 Å². The molecule has 0 aliphatic carbocycles. The Hall–Kier alpha value is -1.28. The van der Waals surface area contributed by atoms with Crippen molar-refractivity contribution in [2.75, 3.05) is 22.8 Å². The summed E-state index contributed by atoms with van der Waals surface area (Å²) >= 11 is 3.26. The highest BCUT2D eigenvalue weighted by Gasteiger charge is 2.17. The molecular weight excluding hydrogens is 348 g/mol. The van der Waals surface area contributed by atoms with Gasteiger partial charge < -0.3 is 10.5 Å². The summed E-state index contributed by atoms with van der Waals surface area (Å²) in [5, 5.41) is 0. The van der Waals surface area contributed by atoms with Crippen LogP contribution in [0.25, 0.3) is 0 Å². The quantitative estimate of drug-likeness (QED) is 0.594. The maximum Gasteiger partial charge on any atom is 0.306 e. The molecule has 20 heavy (non-hydrogen) atoms. The summed E-state index contributed by atoms with van der Waals surface area (Å²) in [5.74, 6) is -0.903. The minimum atomic E-state index is -3.67. The third-order valence-electron chi connectivity index (χ3n) is 2.40. The van der Waals surface area contributed by atoms with Gasteiger partial charge in [-0.15, -0.1) is 0 Å². The van der Waals surface area contributed by atoms with Crippen LogP contribution in [-0.2, 0) is 19.6 Å². The van der Waals surface area contributed by atoms with Gasteiger partial charge in [0, 0.05) is 4.47 Å². The minimum absolute atomic E-state index is 0.202. The van der Waals surface area contributed by atoms with Gasteiger partial charge in [0.25, 0.3) is 0 Å². The number of nitrogen functional groups attached to an aromatic ring is 1. The number of ether oxygens (including phenoxy) is 1. The second-order valence-electron chi connectivity index (χ2n) is 4.19. The van der Waals surface area contributed by atoms with Gasteiger partial charge in [0.2, 0.25) is 10.0 Å². The fourth-order valence-corrected chi connectivity index (χ4v) is 3.43. The van der Waals surface area contributed by atoms with Crippen molar-refractivity contribution < 1.29 is 17.9 Å². The van der Waals surface area contributed by atoms with E-state index in [1.54, 1.807) is 19.1 Å². The van der Waals surface area contributed by atoms with E-state index in [0.29, 0.717) is 10.2 Å². The van der Waals surface area contributed by atoms with Crippen LogP contribution >= 0.6 is 15.9 Å². The van der Waals surface area contributed by atoms with E-state index in [1.807, 2.05) is 6.92 Å². The van der Waals surface area contributed by atoms with E-state index >= 15 is 0 Å². The van der Waals surface area contributed by atoms with Crippen LogP contribution in [0.5, 0.6) is 0 Å². The van der Waals surface area contributed by atoms with Gasteiger partial charge in [-0.05, 0) is 47.5 Å². The number of sulfonamides is 1. The van der Waals surface area contributed by atoms with E-state index in [-0.39, 0.29) is 24.5 Å². The summed E-state index contributed by atoms with van der Waals surface area (Å²) in [6, 6.07) is 3.41. The predicted octanol–water partition coefficient (Wildman–Crippen LogP) is 2.03. The average Bonchev–Trinajstić information content (AvgIpc) is 2.32. The third kappa shape index (κ3) is 5.01. The van der Waals surface area contributed by atoms with Crippen LogP contribution in [0.3, 0.4) is 0 Å². The zero-order valence-corrected chi connectivity index (χ0v) is 13.7. The number of hydrogen-bond acceptors (Lipinski definition) is 5. The van der Waals surface area contributed by atoms with Gasteiger partial charge >= 0.3 is 5.97 Å². The van der Waals surface area contributed by atoms with E-state index in [9.17, 15) is 13.2 Å². The summed E-state index contributed by atoms with van der Waals surface area (Å²) in [4.78, 5) is 11.2. The molecule has 0 heterocycles. The number of nitrogens with two attached hydrogens (primary N) is 1. The Morgan fingerprint density at radius 2 is 2.10 bits per heavy atom. The van der Waals surface area contributed by atoms with Crippen LogP contribution in [0.1, 0.15) is 18.9 Å². The summed E-state index contributed by atoms with van der Waals surface area (Å²) in [7, 11) is -3.67. The lowest BCUT2D eigenvalue weighted by atomic mass is 10.2. The standard InChI is InChI=1S/C12H17BrN2O4S/c1-3-19-11(16)4-5-20(17,18)15-12-9(13)6-8(2)7-10(12)14/h6-7,15H,3-5,14H2,1-2H3. The van der Waals surface area contributed by atoms with Gasteiger partial charge in [0.1, 0.15) is 0 Å². The molecule has 3 N–H and O–H groups in total. The molecule has 0 aromatic heterocycles. The zero-order valence-electron chi connectivity index (χ0n) is 11.3. The maximum absolute atomic E-state index is 11.9. The molecule has 8 heteroatoms. The van der Waals surface area contributed by atoms with E-state index in [0.717, 1.165) is 5.56 Å². The van der Waals surface area contributed by atoms with Crippen LogP contribution in [0.2, 0.25) is 0 Å². The first-order valence-corrected chi connectivity index (χ1v) is 8.41. The van der Waals surface area contributed by atoms with Crippen LogP contribution < -0.4 is 10.5 Å². The highest BCUT2D eigenvalue weighted by molar-refractivity contribution is 9.10. The molecule has 1 rings (SSSR count). The number of halogens is 1. The van der Waals surface area contributed by atoms with Crippen LogP contribution in [0, 0.1) is 6.92 Å². The van der Waals surface area contributed by atoms with Crippen molar-refractivity contribution in [2.24, 2.45) is 0 Å². The van der Waals surface area contributed by atoms with Gasteiger partial charge in [-0.2, -0.15) is 0 Å². The van der Waals surface area contributed by atoms with Gasteiger partial charge in [-0.3, -0.25) is 9.52 Å². The molecule has 1 aromatic carbocycles. The Bertz CT molecular complexity index is 578. The number of anilines is 2. The molecule has 0 unspecified atom stereocenters. The van der Waals surface area contributed by atoms with E-state index in [2.05, 4.69) is 25.4 Å². The molecule has 112 valence electrons. The number of carbonyl (C=O) groups excluding carboxylic acids is 1. The van der Waals surface area contributed by atoms with Crippen LogP contribution in [0.15, 0.2) is 16.6 Å². The van der Waals surface area contributed by atoms with E-state index in [4.69, 9.17) is 5.73 Å². The molecule has 0 aliphatic heterocycles. The number of esters is 1. The summed E-state index contributed by atoms with van der Waals surface area (Å²) in [6.45, 7) is 3.73. The summed E-state index contributed by atoms with van der Waals surface area (Å²) in [5.41, 5.74) is 7.28. The monoisotopic (exact) mass is 364 g/mol. The minimum Gasteiger partial charge on any atom is -0.466 e. The lowest BCUT2D eigenvalue weighted by Crippen LogP contribution is -2.20. The summed E-state index contributed by atoms with van der Waals surface area (Å²) < 4.78 is 31.4. The van der Waals surface area contributed by atoms with E-state index in [1.165, 1.54) is 0 Å². The van der Waals surface area contributed by atoms with Gasteiger partial charge in [0.05, 0.1) is 30.2 Å². The Kier molecular flexibility index (Phi) is 5.82. The smallest absolute Gasteiger partial charge is 0.306 e. The van der Waals surface area contributed by atoms with Gasteiger partial charge in [-0.1, -0.05) is 0 Å². The number of hydrogen-bond donors (Lipinski definition) is 2. The molecule has 0 atom stereocenters. The topological polar surface area (TPSA) is 98.5 Å². The molecule has 1 aromatic rings. The third-order valence-corrected chi connectivity index (χ3v) is 4.29. The summed E-state index contributed by atoms with van der Waals surface area (Å²) in [6.07, 6.45) is -0.202. The second-order valence-corrected chi connectivity index (χ2v) is 6.88. The van der Waals surface area contributed by atoms with Gasteiger partial charge in [-0.25, -0.2) is 8.42 Å². The van der Waals surface area contributed by atoms with Crippen LogP contribution in [0.4, 0.5) is 11.4 Å². The van der Waals surface area contributed by atoms with Crippen molar-refractivity contribution in [2.45, 2.75) is 20.3 Å². The molecule has 0 radical (unpaired) electrons. The molecule has 0 amide bonds. The van der Waals surface area contributed by atoms with Gasteiger partial charge in [0.15, 0.2) is 0 Å². The lowest BCUT2D eigenvalue weighted by molar-refractivity contribution is -0.142. The normalized spacial score (nSPS) is 11.2. The number of aryl methyl sites for hydroxylation is 1. The SMILES string of the molecule is CCOC(=O)CCS(=O)(=O)Nc1c(N)cc(C)cc1Br. The number of nitrogens with one attached hydrogen (secondary N) is 1. The predicted molar refractivity (Wildman–Crippen MR) is 82.0 cm³/mol. The lowest BCUT2D eigenvalue weighted by Gasteiger charge is -2.12. The highest BCUT2D eigenvalue weighted by atomic mass is 79.9. The fourth-order valence-electron chi connectivity index (χ4n) is 1.53. The number of benzene rings is 1. The van der Waals surface area contributed by atoms with Crippen molar-refractivity contribution >= 4 is 43.3 Å². The molecule has 0 spiro atoms. The molecule has 0 fully saturated rings. The number of carbonyl (C=O) groups is 1. The first kappa shape index (κ1) is 16.8. The van der Waals surface area contributed by atoms with Crippen LogP contribution in [-0.4, -0.2) is 26.7 Å². The highest BCUT2D eigenvalue weighted by Crippen LogP contribution is 2.31. The zero-order chi connectivity index (χ0) is 15.3. The molecule has 0 bridgehead atoms. The average molecular weight is 365 g/mol. The molecular formula is C12H17BrN2O4S. The van der Waals surface area contributed by atoms with E-state index < -0.39 is 16.0 Å². The molecule has 6 nitrogen and oxygen atoms in total. The Morgan fingerprint density at radius 1 is 1.45 bits per heavy atom. The van der Waals surface area contributed by atoms with Crippen molar-refractivity contribution in [1.82, 2.24) is 0 Å². The van der Waals surface area contributed by atoms with Crippen molar-refractivity contribution in [3.8, 4) is 0 Å². The Morgan fingerprint density at radius 3 is 2.65 bits per heavy atom. The molecule has 0 saturated heterocycles. The largest absolute Gasteiger partial charge is 0.466 e. The molecule has 0 saturated carbocycles. The first-order chi connectivity index (χ1) is 9.25. The van der Waals surface area contributed by atoms with Crippen molar-refractivity contribution in [3.63, 3.8) is 0 Å². The Labute approximate surface area is 126 Å². The first-order valence-electron chi connectivity index (χ1n) is 5.97. The van der Waals surface area contributed by atoms with Crippen molar-refractivity contribution in [3.05, 3.63) is 22.2 Å². The maximum atomic E-state index is 11.9. The number of rotatable bonds is 6. The Balaban J connectivity index is 2.79.